The zero-order valence-electron chi connectivity index (χ0n) is 11.9. The van der Waals surface area contributed by atoms with Gasteiger partial charge >= 0.3 is 6.09 Å². The van der Waals surface area contributed by atoms with E-state index >= 15 is 0 Å². The first-order chi connectivity index (χ1) is 8.70. The van der Waals surface area contributed by atoms with Crippen LogP contribution in [0.2, 0.25) is 0 Å². The Labute approximate surface area is 112 Å². The summed E-state index contributed by atoms with van der Waals surface area (Å²) in [5.41, 5.74) is 2.01. The number of fused-ring (bicyclic) bond motifs is 1. The highest BCUT2D eigenvalue weighted by Crippen LogP contribution is 2.29. The number of ether oxygens (including phenoxy) is 1. The van der Waals surface area contributed by atoms with E-state index in [1.165, 1.54) is 0 Å². The van der Waals surface area contributed by atoms with Crippen molar-refractivity contribution in [2.45, 2.75) is 40.2 Å². The predicted octanol–water partition coefficient (Wildman–Crippen LogP) is 3.75. The normalized spacial score (nSPS) is 11.8. The summed E-state index contributed by atoms with van der Waals surface area (Å²) in [5.74, 6) is 0.192. The van der Waals surface area contributed by atoms with E-state index in [2.05, 4.69) is 0 Å². The molecule has 0 aliphatic carbocycles. The highest BCUT2D eigenvalue weighted by molar-refractivity contribution is 5.94. The molecule has 1 N–H and O–H groups in total. The Kier molecular flexibility index (Phi) is 3.04. The number of hydrogen-bond donors (Lipinski definition) is 1. The van der Waals surface area contributed by atoms with Crippen LogP contribution in [0.3, 0.4) is 0 Å². The molecule has 0 saturated carbocycles. The van der Waals surface area contributed by atoms with Crippen molar-refractivity contribution >= 4 is 17.0 Å². The number of hydrogen-bond acceptors (Lipinski definition) is 3. The lowest BCUT2D eigenvalue weighted by Gasteiger charge is -2.20. The van der Waals surface area contributed by atoms with Crippen LogP contribution in [0.25, 0.3) is 10.9 Å². The molecule has 0 unspecified atom stereocenters. The Hall–Kier alpha value is -1.97. The number of aromatic hydroxyl groups is 1. The number of nitrogens with zero attached hydrogens (tertiary/aromatic N) is 1. The van der Waals surface area contributed by atoms with Gasteiger partial charge in [-0.1, -0.05) is 0 Å². The highest BCUT2D eigenvalue weighted by atomic mass is 16.6. The molecule has 19 heavy (non-hydrogen) atoms. The summed E-state index contributed by atoms with van der Waals surface area (Å²) in [7, 11) is 0. The van der Waals surface area contributed by atoms with Gasteiger partial charge in [0, 0.05) is 11.1 Å². The number of carbonyl (C=O) groups is 1. The molecule has 0 spiro atoms. The molecular formula is C15H19NO3. The first-order valence-corrected chi connectivity index (χ1v) is 6.24. The minimum absolute atomic E-state index is 0.192. The topological polar surface area (TPSA) is 51.5 Å². The molecule has 0 atom stereocenters. The van der Waals surface area contributed by atoms with Crippen molar-refractivity contribution in [1.29, 1.82) is 0 Å². The lowest BCUT2D eigenvalue weighted by atomic mass is 10.1. The highest BCUT2D eigenvalue weighted by Gasteiger charge is 2.22. The number of phenolic OH excluding ortho intramolecular Hbond substituents is 1. The first-order valence-electron chi connectivity index (χ1n) is 6.24. The summed E-state index contributed by atoms with van der Waals surface area (Å²) in [6.45, 7) is 9.31. The average molecular weight is 261 g/mol. The van der Waals surface area contributed by atoms with Gasteiger partial charge in [-0.15, -0.1) is 0 Å². The number of rotatable bonds is 0. The molecular weight excluding hydrogens is 242 g/mol. The Bertz CT molecular complexity index is 647. The second kappa shape index (κ2) is 4.30. The van der Waals surface area contributed by atoms with Gasteiger partial charge in [0.15, 0.2) is 0 Å². The summed E-state index contributed by atoms with van der Waals surface area (Å²) >= 11 is 0. The molecule has 0 radical (unpaired) electrons. The van der Waals surface area contributed by atoms with Crippen LogP contribution in [-0.2, 0) is 4.74 Å². The van der Waals surface area contributed by atoms with Gasteiger partial charge in [0.1, 0.15) is 11.4 Å². The van der Waals surface area contributed by atoms with Gasteiger partial charge in [-0.05, 0) is 58.4 Å². The SMILES string of the molecule is Cc1c(C)n(C(=O)OC(C)(C)C)c2ccc(O)cc12. The fourth-order valence-electron chi connectivity index (χ4n) is 2.11. The molecule has 0 bridgehead atoms. The average Bonchev–Trinajstić information content (AvgIpc) is 2.50. The van der Waals surface area contributed by atoms with Gasteiger partial charge in [-0.2, -0.15) is 0 Å². The minimum Gasteiger partial charge on any atom is -0.508 e. The molecule has 102 valence electrons. The van der Waals surface area contributed by atoms with Crippen LogP contribution in [0, 0.1) is 13.8 Å². The second-order valence-corrected chi connectivity index (χ2v) is 5.73. The van der Waals surface area contributed by atoms with Crippen molar-refractivity contribution in [3.05, 3.63) is 29.5 Å². The van der Waals surface area contributed by atoms with Crippen molar-refractivity contribution in [2.24, 2.45) is 0 Å². The maximum atomic E-state index is 12.3. The Balaban J connectivity index is 2.61. The van der Waals surface area contributed by atoms with Crippen LogP contribution >= 0.6 is 0 Å². The monoisotopic (exact) mass is 261 g/mol. The lowest BCUT2D eigenvalue weighted by molar-refractivity contribution is 0.0541. The van der Waals surface area contributed by atoms with Gasteiger partial charge in [-0.25, -0.2) is 9.36 Å². The van der Waals surface area contributed by atoms with Crippen LogP contribution in [0.1, 0.15) is 32.0 Å². The second-order valence-electron chi connectivity index (χ2n) is 5.73. The molecule has 1 heterocycles. The third kappa shape index (κ3) is 2.43. The van der Waals surface area contributed by atoms with Crippen LogP contribution in [0.15, 0.2) is 18.2 Å². The van der Waals surface area contributed by atoms with Crippen molar-refractivity contribution in [1.82, 2.24) is 4.57 Å². The summed E-state index contributed by atoms with van der Waals surface area (Å²) in [6, 6.07) is 4.97. The van der Waals surface area contributed by atoms with Crippen molar-refractivity contribution in [3.63, 3.8) is 0 Å². The van der Waals surface area contributed by atoms with Gasteiger partial charge in [-0.3, -0.25) is 0 Å². The third-order valence-corrected chi connectivity index (χ3v) is 3.08. The van der Waals surface area contributed by atoms with E-state index in [1.54, 1.807) is 22.8 Å². The van der Waals surface area contributed by atoms with E-state index in [-0.39, 0.29) is 5.75 Å². The molecule has 0 fully saturated rings. The number of benzene rings is 1. The Morgan fingerprint density at radius 3 is 2.47 bits per heavy atom. The van der Waals surface area contributed by atoms with E-state index in [9.17, 15) is 9.90 Å². The summed E-state index contributed by atoms with van der Waals surface area (Å²) in [6.07, 6.45) is -0.395. The molecule has 1 aromatic heterocycles. The van der Waals surface area contributed by atoms with Gasteiger partial charge in [0.25, 0.3) is 0 Å². The molecule has 0 saturated heterocycles. The third-order valence-electron chi connectivity index (χ3n) is 3.08. The van der Waals surface area contributed by atoms with Crippen LogP contribution in [0.5, 0.6) is 5.75 Å². The van der Waals surface area contributed by atoms with E-state index in [4.69, 9.17) is 4.74 Å². The number of carbonyl (C=O) groups excluding carboxylic acids is 1. The zero-order valence-corrected chi connectivity index (χ0v) is 11.9. The standard InChI is InChI=1S/C15H19NO3/c1-9-10(2)16(14(18)19-15(3,4)5)13-7-6-11(17)8-12(9)13/h6-8,17H,1-5H3. The molecule has 2 rings (SSSR count). The van der Waals surface area contributed by atoms with Gasteiger partial charge < -0.3 is 9.84 Å². The lowest BCUT2D eigenvalue weighted by Crippen LogP contribution is -2.27. The minimum atomic E-state index is -0.537. The predicted molar refractivity (Wildman–Crippen MR) is 74.7 cm³/mol. The quantitative estimate of drug-likeness (QED) is 0.785. The van der Waals surface area contributed by atoms with Crippen LogP contribution in [-0.4, -0.2) is 21.4 Å². The van der Waals surface area contributed by atoms with E-state index in [0.29, 0.717) is 0 Å². The zero-order chi connectivity index (χ0) is 14.4. The fourth-order valence-corrected chi connectivity index (χ4v) is 2.11. The summed E-state index contributed by atoms with van der Waals surface area (Å²) < 4.78 is 6.97. The van der Waals surface area contributed by atoms with Crippen molar-refractivity contribution < 1.29 is 14.6 Å². The van der Waals surface area contributed by atoms with Crippen LogP contribution < -0.4 is 0 Å². The molecule has 0 aliphatic rings. The summed E-state index contributed by atoms with van der Waals surface area (Å²) in [4.78, 5) is 12.3. The smallest absolute Gasteiger partial charge is 0.419 e. The molecule has 1 aromatic carbocycles. The van der Waals surface area contributed by atoms with E-state index < -0.39 is 11.7 Å². The Morgan fingerprint density at radius 2 is 1.89 bits per heavy atom. The molecule has 0 aliphatic heterocycles. The number of aryl methyl sites for hydroxylation is 1. The maximum Gasteiger partial charge on any atom is 0.419 e. The molecule has 4 nitrogen and oxygen atoms in total. The summed E-state index contributed by atoms with van der Waals surface area (Å²) in [5, 5.41) is 10.4. The van der Waals surface area contributed by atoms with Crippen molar-refractivity contribution in [2.75, 3.05) is 0 Å². The first kappa shape index (κ1) is 13.5. The largest absolute Gasteiger partial charge is 0.508 e. The number of aromatic nitrogens is 1. The Morgan fingerprint density at radius 1 is 1.26 bits per heavy atom. The van der Waals surface area contributed by atoms with Gasteiger partial charge in [0.05, 0.1) is 5.52 Å². The maximum absolute atomic E-state index is 12.3. The molecule has 0 amide bonds. The van der Waals surface area contributed by atoms with E-state index in [1.807, 2.05) is 34.6 Å². The van der Waals surface area contributed by atoms with Crippen LogP contribution in [0.4, 0.5) is 4.79 Å². The molecule has 2 aromatic rings. The van der Waals surface area contributed by atoms with Gasteiger partial charge in [0.2, 0.25) is 0 Å². The fraction of sp³-hybridized carbons (Fsp3) is 0.400. The molecule has 4 heteroatoms. The van der Waals surface area contributed by atoms with Crippen molar-refractivity contribution in [3.8, 4) is 5.75 Å². The van der Waals surface area contributed by atoms with E-state index in [0.717, 1.165) is 22.2 Å². The number of phenols is 1.